The number of nitrogens with zero attached hydrogens (tertiary/aromatic N) is 1. The Bertz CT molecular complexity index is 861. The molecule has 7 heteroatoms. The smallest absolute Gasteiger partial charge is 0.206 e. The van der Waals surface area contributed by atoms with Gasteiger partial charge in [0.25, 0.3) is 0 Å². The van der Waals surface area contributed by atoms with E-state index in [1.165, 1.54) is 16.2 Å². The summed E-state index contributed by atoms with van der Waals surface area (Å²) in [5.41, 5.74) is 7.35. The van der Waals surface area contributed by atoms with E-state index in [9.17, 15) is 4.79 Å². The SMILES string of the molecule is CSc1ccc(Nc2nc(N)c(C(=O)c3ccc(Cl)cc3)s2)cc1. The molecule has 0 bridgehead atoms. The standard InChI is InChI=1S/C17H14ClN3OS2/c1-23-13-8-6-12(7-9-13)20-17-21-16(19)15(24-17)14(22)10-2-4-11(18)5-3-10/h2-9H,19H2,1H3,(H,20,21). The molecule has 3 rings (SSSR count). The van der Waals surface area contributed by atoms with Crippen molar-refractivity contribution in [1.29, 1.82) is 0 Å². The van der Waals surface area contributed by atoms with Crippen molar-refractivity contribution >= 4 is 57.1 Å². The Morgan fingerprint density at radius 2 is 1.83 bits per heavy atom. The van der Waals surface area contributed by atoms with E-state index in [0.717, 1.165) is 5.69 Å². The number of hydrogen-bond acceptors (Lipinski definition) is 6. The van der Waals surface area contributed by atoms with Crippen molar-refractivity contribution in [3.8, 4) is 0 Å². The van der Waals surface area contributed by atoms with Crippen molar-refractivity contribution in [2.24, 2.45) is 0 Å². The maximum absolute atomic E-state index is 12.5. The van der Waals surface area contributed by atoms with Gasteiger partial charge >= 0.3 is 0 Å². The number of nitrogens with one attached hydrogen (secondary N) is 1. The number of benzene rings is 2. The first kappa shape index (κ1) is 16.8. The lowest BCUT2D eigenvalue weighted by Gasteiger charge is -2.03. The molecule has 24 heavy (non-hydrogen) atoms. The number of thioether (sulfide) groups is 1. The first-order chi connectivity index (χ1) is 11.6. The van der Waals surface area contributed by atoms with Crippen molar-refractivity contribution < 1.29 is 4.79 Å². The number of ketones is 1. The van der Waals surface area contributed by atoms with E-state index in [1.54, 1.807) is 36.0 Å². The Hall–Kier alpha value is -2.02. The number of aromatic nitrogens is 1. The van der Waals surface area contributed by atoms with Gasteiger partial charge in [-0.1, -0.05) is 22.9 Å². The zero-order chi connectivity index (χ0) is 17.1. The van der Waals surface area contributed by atoms with Crippen LogP contribution >= 0.6 is 34.7 Å². The van der Waals surface area contributed by atoms with Crippen molar-refractivity contribution in [2.75, 3.05) is 17.3 Å². The molecule has 0 aliphatic heterocycles. The highest BCUT2D eigenvalue weighted by Crippen LogP contribution is 2.30. The van der Waals surface area contributed by atoms with Gasteiger partial charge in [-0.15, -0.1) is 11.8 Å². The second kappa shape index (κ2) is 7.25. The van der Waals surface area contributed by atoms with E-state index < -0.39 is 0 Å². The van der Waals surface area contributed by atoms with Gasteiger partial charge in [-0.25, -0.2) is 4.98 Å². The molecule has 1 heterocycles. The normalized spacial score (nSPS) is 10.6. The largest absolute Gasteiger partial charge is 0.382 e. The molecule has 3 aromatic rings. The molecule has 0 aliphatic carbocycles. The number of hydrogen-bond donors (Lipinski definition) is 2. The van der Waals surface area contributed by atoms with Crippen molar-refractivity contribution in [1.82, 2.24) is 4.98 Å². The number of carbonyl (C=O) groups excluding carboxylic acids is 1. The molecular formula is C17H14ClN3OS2. The van der Waals surface area contributed by atoms with Gasteiger partial charge in [-0.2, -0.15) is 0 Å². The molecular weight excluding hydrogens is 362 g/mol. The molecule has 0 aliphatic rings. The topological polar surface area (TPSA) is 68.0 Å². The van der Waals surface area contributed by atoms with Crippen LogP contribution in [0.4, 0.5) is 16.6 Å². The molecule has 0 unspecified atom stereocenters. The van der Waals surface area contributed by atoms with Crippen LogP contribution in [0, 0.1) is 0 Å². The van der Waals surface area contributed by atoms with Crippen LogP contribution < -0.4 is 11.1 Å². The zero-order valence-electron chi connectivity index (χ0n) is 12.7. The lowest BCUT2D eigenvalue weighted by atomic mass is 10.1. The van der Waals surface area contributed by atoms with Gasteiger partial charge in [0.1, 0.15) is 10.7 Å². The minimum Gasteiger partial charge on any atom is -0.382 e. The maximum atomic E-state index is 12.5. The van der Waals surface area contributed by atoms with Gasteiger partial charge in [0, 0.05) is 21.2 Å². The average molecular weight is 376 g/mol. The average Bonchev–Trinajstić information content (AvgIpc) is 2.96. The van der Waals surface area contributed by atoms with Crippen LogP contribution in [-0.2, 0) is 0 Å². The molecule has 122 valence electrons. The van der Waals surface area contributed by atoms with E-state index >= 15 is 0 Å². The summed E-state index contributed by atoms with van der Waals surface area (Å²) in [6.07, 6.45) is 2.03. The summed E-state index contributed by atoms with van der Waals surface area (Å²) >= 11 is 8.77. The highest BCUT2D eigenvalue weighted by atomic mass is 35.5. The lowest BCUT2D eigenvalue weighted by Crippen LogP contribution is -2.02. The quantitative estimate of drug-likeness (QED) is 0.481. The summed E-state index contributed by atoms with van der Waals surface area (Å²) < 4.78 is 0. The first-order valence-corrected chi connectivity index (χ1v) is 9.46. The highest BCUT2D eigenvalue weighted by molar-refractivity contribution is 7.98. The number of halogens is 1. The maximum Gasteiger partial charge on any atom is 0.206 e. The van der Waals surface area contributed by atoms with E-state index in [-0.39, 0.29) is 11.6 Å². The predicted octanol–water partition coefficient (Wildman–Crippen LogP) is 5.08. The summed E-state index contributed by atoms with van der Waals surface area (Å²) in [5, 5.41) is 4.34. The highest BCUT2D eigenvalue weighted by Gasteiger charge is 2.18. The molecule has 0 saturated carbocycles. The Kier molecular flexibility index (Phi) is 5.08. The van der Waals surface area contributed by atoms with E-state index in [4.69, 9.17) is 17.3 Å². The van der Waals surface area contributed by atoms with Crippen LogP contribution in [0.25, 0.3) is 0 Å². The van der Waals surface area contributed by atoms with Gasteiger partial charge in [-0.05, 0) is 54.8 Å². The zero-order valence-corrected chi connectivity index (χ0v) is 15.1. The summed E-state index contributed by atoms with van der Waals surface area (Å²) in [5.74, 6) is 0.0654. The van der Waals surface area contributed by atoms with Gasteiger partial charge in [0.2, 0.25) is 5.78 Å². The van der Waals surface area contributed by atoms with Gasteiger partial charge in [0.15, 0.2) is 5.13 Å². The summed E-state index contributed by atoms with van der Waals surface area (Å²) in [6, 6.07) is 14.7. The number of rotatable bonds is 5. The Balaban J connectivity index is 1.81. The lowest BCUT2D eigenvalue weighted by molar-refractivity contribution is 0.104. The number of carbonyl (C=O) groups is 1. The van der Waals surface area contributed by atoms with Gasteiger partial charge in [0.05, 0.1) is 0 Å². The fourth-order valence-corrected chi connectivity index (χ4v) is 3.48. The van der Waals surface area contributed by atoms with Crippen LogP contribution in [0.5, 0.6) is 0 Å². The number of nitrogen functional groups attached to an aromatic ring is 1. The van der Waals surface area contributed by atoms with Crippen LogP contribution in [0.2, 0.25) is 5.02 Å². The second-order valence-corrected chi connectivity index (χ2v) is 7.24. The molecule has 0 amide bonds. The Morgan fingerprint density at radius 1 is 1.17 bits per heavy atom. The number of nitrogens with two attached hydrogens (primary N) is 1. The van der Waals surface area contributed by atoms with Crippen LogP contribution in [0.3, 0.4) is 0 Å². The molecule has 3 N–H and O–H groups in total. The number of anilines is 3. The van der Waals surface area contributed by atoms with Crippen molar-refractivity contribution in [3.05, 3.63) is 64.0 Å². The first-order valence-electron chi connectivity index (χ1n) is 7.04. The molecule has 4 nitrogen and oxygen atoms in total. The monoisotopic (exact) mass is 375 g/mol. The van der Waals surface area contributed by atoms with Gasteiger partial charge in [-0.3, -0.25) is 4.79 Å². The third-order valence-electron chi connectivity index (χ3n) is 3.31. The Morgan fingerprint density at radius 3 is 2.46 bits per heavy atom. The molecule has 1 aromatic heterocycles. The summed E-state index contributed by atoms with van der Waals surface area (Å²) in [6.45, 7) is 0. The molecule has 0 atom stereocenters. The van der Waals surface area contributed by atoms with Crippen LogP contribution in [-0.4, -0.2) is 17.0 Å². The third-order valence-corrected chi connectivity index (χ3v) is 5.29. The van der Waals surface area contributed by atoms with E-state index in [2.05, 4.69) is 10.3 Å². The van der Waals surface area contributed by atoms with Crippen LogP contribution in [0.15, 0.2) is 53.4 Å². The van der Waals surface area contributed by atoms with Crippen molar-refractivity contribution in [3.63, 3.8) is 0 Å². The van der Waals surface area contributed by atoms with Crippen LogP contribution in [0.1, 0.15) is 15.2 Å². The molecule has 2 aromatic carbocycles. The molecule has 0 radical (unpaired) electrons. The summed E-state index contributed by atoms with van der Waals surface area (Å²) in [4.78, 5) is 18.4. The van der Waals surface area contributed by atoms with E-state index in [1.807, 2.05) is 30.5 Å². The van der Waals surface area contributed by atoms with Gasteiger partial charge < -0.3 is 11.1 Å². The fraction of sp³-hybridized carbons (Fsp3) is 0.0588. The predicted molar refractivity (Wildman–Crippen MR) is 103 cm³/mol. The van der Waals surface area contributed by atoms with Crippen molar-refractivity contribution in [2.45, 2.75) is 4.90 Å². The molecule has 0 saturated heterocycles. The molecule has 0 fully saturated rings. The molecule has 0 spiro atoms. The van der Waals surface area contributed by atoms with E-state index in [0.29, 0.717) is 20.6 Å². The third kappa shape index (κ3) is 3.72. The fourth-order valence-electron chi connectivity index (χ4n) is 2.08. The Labute approximate surface area is 153 Å². The minimum absolute atomic E-state index is 0.160. The minimum atomic E-state index is -0.160. The second-order valence-electron chi connectivity index (χ2n) is 4.92. The number of thiazole rings is 1. The summed E-state index contributed by atoms with van der Waals surface area (Å²) in [7, 11) is 0.